The molecule has 2 aromatic rings. The van der Waals surface area contributed by atoms with Crippen LogP contribution in [0, 0.1) is 12.8 Å². The molecule has 1 atom stereocenters. The summed E-state index contributed by atoms with van der Waals surface area (Å²) in [6.07, 6.45) is 7.56. The second-order valence-corrected chi connectivity index (χ2v) is 8.49. The minimum Gasteiger partial charge on any atom is -0.357 e. The molecule has 166 valence electrons. The zero-order valence-corrected chi connectivity index (χ0v) is 18.0. The quantitative estimate of drug-likeness (QED) is 0.756. The van der Waals surface area contributed by atoms with Gasteiger partial charge in [-0.3, -0.25) is 9.59 Å². The second-order valence-electron chi connectivity index (χ2n) is 8.49. The van der Waals surface area contributed by atoms with Gasteiger partial charge in [-0.1, -0.05) is 10.3 Å². The van der Waals surface area contributed by atoms with Gasteiger partial charge in [-0.05, 0) is 57.1 Å². The Morgan fingerprint density at radius 3 is 2.77 bits per heavy atom. The number of rotatable bonds is 6. The van der Waals surface area contributed by atoms with Crippen molar-refractivity contribution in [3.63, 3.8) is 0 Å². The highest BCUT2D eigenvalue weighted by atomic mass is 16.6. The lowest BCUT2D eigenvalue weighted by Crippen LogP contribution is -2.41. The number of anilines is 1. The monoisotopic (exact) mass is 426 g/mol. The topological polar surface area (TPSA) is 104 Å². The molecule has 2 aliphatic heterocycles. The van der Waals surface area contributed by atoms with Crippen molar-refractivity contribution >= 4 is 17.6 Å². The molecule has 2 fully saturated rings. The molecule has 0 spiro atoms. The van der Waals surface area contributed by atoms with Crippen molar-refractivity contribution in [1.82, 2.24) is 25.5 Å². The van der Waals surface area contributed by atoms with E-state index in [0.717, 1.165) is 38.3 Å². The van der Waals surface area contributed by atoms with E-state index < -0.39 is 0 Å². The van der Waals surface area contributed by atoms with Crippen LogP contribution in [0.15, 0.2) is 23.0 Å². The Morgan fingerprint density at radius 2 is 2.00 bits per heavy atom. The van der Waals surface area contributed by atoms with Crippen LogP contribution in [0.4, 0.5) is 5.82 Å². The van der Waals surface area contributed by atoms with E-state index in [9.17, 15) is 9.59 Å². The van der Waals surface area contributed by atoms with Crippen molar-refractivity contribution in [2.75, 3.05) is 31.1 Å². The molecule has 0 radical (unpaired) electrons. The molecule has 9 nitrogen and oxygen atoms in total. The first-order valence-corrected chi connectivity index (χ1v) is 11.1. The molecule has 4 rings (SSSR count). The minimum atomic E-state index is -0.0435. The maximum Gasteiger partial charge on any atom is 0.254 e. The fourth-order valence-electron chi connectivity index (χ4n) is 4.37. The molecule has 2 aromatic heterocycles. The number of hydrogen-bond acceptors (Lipinski definition) is 7. The van der Waals surface area contributed by atoms with Crippen molar-refractivity contribution < 1.29 is 14.2 Å². The van der Waals surface area contributed by atoms with Gasteiger partial charge < -0.3 is 15.1 Å². The van der Waals surface area contributed by atoms with Crippen LogP contribution in [0.3, 0.4) is 0 Å². The summed E-state index contributed by atoms with van der Waals surface area (Å²) < 4.78 is 4.65. The fourth-order valence-corrected chi connectivity index (χ4v) is 4.37. The lowest BCUT2D eigenvalue weighted by Gasteiger charge is -2.33. The van der Waals surface area contributed by atoms with E-state index >= 15 is 0 Å². The Kier molecular flexibility index (Phi) is 6.79. The highest BCUT2D eigenvalue weighted by Crippen LogP contribution is 2.23. The number of amides is 2. The number of aryl methyl sites for hydroxylation is 1. The number of carbonyl (C=O) groups is 2. The Morgan fingerprint density at radius 1 is 1.16 bits per heavy atom. The number of pyridine rings is 1. The number of nitrogens with one attached hydrogen (secondary N) is 1. The molecular formula is C22H30N6O3. The summed E-state index contributed by atoms with van der Waals surface area (Å²) in [5, 5.41) is 10.4. The first kappa shape index (κ1) is 21.3. The smallest absolute Gasteiger partial charge is 0.254 e. The number of carbonyl (C=O) groups excluding carboxylic acids is 2. The molecule has 0 aliphatic carbocycles. The molecule has 2 amide bonds. The normalized spacial score (nSPS) is 19.3. The summed E-state index contributed by atoms with van der Waals surface area (Å²) in [5.74, 6) is 1.02. The third kappa shape index (κ3) is 5.39. The van der Waals surface area contributed by atoms with Gasteiger partial charge in [-0.25, -0.2) is 9.61 Å². The highest BCUT2D eigenvalue weighted by Gasteiger charge is 2.27. The van der Waals surface area contributed by atoms with Gasteiger partial charge in [0, 0.05) is 44.4 Å². The third-order valence-electron chi connectivity index (χ3n) is 6.15. The number of nitrogens with zero attached hydrogens (tertiary/aromatic N) is 5. The first-order chi connectivity index (χ1) is 15.1. The van der Waals surface area contributed by atoms with Crippen molar-refractivity contribution in [2.24, 2.45) is 5.92 Å². The minimum absolute atomic E-state index is 0.0232. The van der Waals surface area contributed by atoms with Gasteiger partial charge in [-0.15, -0.1) is 0 Å². The summed E-state index contributed by atoms with van der Waals surface area (Å²) in [6.45, 7) is 5.41. The second kappa shape index (κ2) is 9.89. The van der Waals surface area contributed by atoms with E-state index in [-0.39, 0.29) is 17.7 Å². The van der Waals surface area contributed by atoms with Crippen molar-refractivity contribution in [1.29, 1.82) is 0 Å². The molecule has 31 heavy (non-hydrogen) atoms. The predicted octanol–water partition coefficient (Wildman–Crippen LogP) is 2.32. The average molecular weight is 427 g/mol. The van der Waals surface area contributed by atoms with Crippen LogP contribution in [0.25, 0.3) is 0 Å². The molecule has 9 heteroatoms. The number of hydrogen-bond donors (Lipinski definition) is 1. The summed E-state index contributed by atoms with van der Waals surface area (Å²) in [7, 11) is 0. The maximum atomic E-state index is 13.1. The number of likely N-dealkylation sites (tertiary alicyclic amines) is 1. The molecular weight excluding hydrogens is 396 g/mol. The molecule has 0 saturated carbocycles. The van der Waals surface area contributed by atoms with Gasteiger partial charge in [0.05, 0.1) is 6.54 Å². The van der Waals surface area contributed by atoms with E-state index in [4.69, 9.17) is 0 Å². The lowest BCUT2D eigenvalue weighted by molar-refractivity contribution is -0.122. The standard InChI is InChI=1S/C22H30N6O3/c1-16-19(26-31-25-16)14-24-21(29)12-17-6-5-11-28(15-17)22(30)18-7-8-23-20(13-18)27-9-3-2-4-10-27/h7-8,13,17H,2-6,9-12,14-15H2,1H3,(H,24,29)/t17-/m1/s1. The van der Waals surface area contributed by atoms with E-state index in [1.54, 1.807) is 19.2 Å². The average Bonchev–Trinajstić information content (AvgIpc) is 3.22. The predicted molar refractivity (Wildman–Crippen MR) is 114 cm³/mol. The van der Waals surface area contributed by atoms with Crippen LogP contribution in [0.5, 0.6) is 0 Å². The fraction of sp³-hybridized carbons (Fsp3) is 0.591. The molecule has 2 saturated heterocycles. The van der Waals surface area contributed by atoms with Crippen LogP contribution >= 0.6 is 0 Å². The molecule has 1 N–H and O–H groups in total. The Hall–Kier alpha value is -2.97. The van der Waals surface area contributed by atoms with Crippen molar-refractivity contribution in [3.05, 3.63) is 35.3 Å². The largest absolute Gasteiger partial charge is 0.357 e. The molecule has 4 heterocycles. The SMILES string of the molecule is Cc1nonc1CNC(=O)C[C@H]1CCCN(C(=O)c2ccnc(N3CCCCC3)c2)C1. The van der Waals surface area contributed by atoms with Crippen LogP contribution < -0.4 is 10.2 Å². The Bertz CT molecular complexity index is 908. The van der Waals surface area contributed by atoms with Crippen LogP contribution in [0.1, 0.15) is 60.3 Å². The van der Waals surface area contributed by atoms with E-state index in [2.05, 4.69) is 30.1 Å². The lowest BCUT2D eigenvalue weighted by atomic mass is 9.94. The first-order valence-electron chi connectivity index (χ1n) is 11.1. The van der Waals surface area contributed by atoms with Crippen LogP contribution in [0.2, 0.25) is 0 Å². The van der Waals surface area contributed by atoms with E-state index in [1.165, 1.54) is 19.3 Å². The zero-order valence-electron chi connectivity index (χ0n) is 18.0. The number of aromatic nitrogens is 3. The number of piperidine rings is 2. The summed E-state index contributed by atoms with van der Waals surface area (Å²) in [4.78, 5) is 34.1. The van der Waals surface area contributed by atoms with Gasteiger partial charge in [0.15, 0.2) is 0 Å². The van der Waals surface area contributed by atoms with Crippen molar-refractivity contribution in [2.45, 2.75) is 52.0 Å². The Labute approximate surface area is 182 Å². The van der Waals surface area contributed by atoms with Gasteiger partial charge in [0.1, 0.15) is 17.2 Å². The van der Waals surface area contributed by atoms with Gasteiger partial charge in [-0.2, -0.15) is 0 Å². The third-order valence-corrected chi connectivity index (χ3v) is 6.15. The molecule has 0 unspecified atom stereocenters. The van der Waals surface area contributed by atoms with E-state index in [0.29, 0.717) is 36.5 Å². The van der Waals surface area contributed by atoms with Crippen LogP contribution in [-0.2, 0) is 11.3 Å². The van der Waals surface area contributed by atoms with Crippen LogP contribution in [-0.4, -0.2) is 58.2 Å². The Balaban J connectivity index is 1.32. The summed E-state index contributed by atoms with van der Waals surface area (Å²) in [5.41, 5.74) is 1.99. The van der Waals surface area contributed by atoms with Gasteiger partial charge in [0.25, 0.3) is 5.91 Å². The molecule has 0 aromatic carbocycles. The molecule has 2 aliphatic rings. The van der Waals surface area contributed by atoms with Gasteiger partial charge >= 0.3 is 0 Å². The summed E-state index contributed by atoms with van der Waals surface area (Å²) in [6, 6.07) is 3.71. The van der Waals surface area contributed by atoms with E-state index in [1.807, 2.05) is 11.0 Å². The zero-order chi connectivity index (χ0) is 21.6. The summed E-state index contributed by atoms with van der Waals surface area (Å²) >= 11 is 0. The van der Waals surface area contributed by atoms with Gasteiger partial charge in [0.2, 0.25) is 5.91 Å². The highest BCUT2D eigenvalue weighted by molar-refractivity contribution is 5.95. The maximum absolute atomic E-state index is 13.1. The van der Waals surface area contributed by atoms with Crippen molar-refractivity contribution in [3.8, 4) is 0 Å². The molecule has 0 bridgehead atoms.